The quantitative estimate of drug-likeness (QED) is 0.615. The van der Waals surface area contributed by atoms with Crippen molar-refractivity contribution < 1.29 is 0 Å². The van der Waals surface area contributed by atoms with Crippen LogP contribution in [0.3, 0.4) is 0 Å². The van der Waals surface area contributed by atoms with Crippen LogP contribution in [0.5, 0.6) is 0 Å². The van der Waals surface area contributed by atoms with Crippen molar-refractivity contribution in [1.82, 2.24) is 4.90 Å². The summed E-state index contributed by atoms with van der Waals surface area (Å²) in [5.41, 5.74) is 0. The Morgan fingerprint density at radius 3 is 2.50 bits per heavy atom. The maximum absolute atomic E-state index is 5.92. The second-order valence-corrected chi connectivity index (χ2v) is 4.90. The minimum atomic E-state index is 0.288. The fourth-order valence-corrected chi connectivity index (χ4v) is 2.37. The topological polar surface area (TPSA) is 3.24 Å². The lowest BCUT2D eigenvalue weighted by atomic mass is 10.1. The molecular formula is C10H20ClN. The van der Waals surface area contributed by atoms with Crippen LogP contribution in [-0.4, -0.2) is 30.4 Å². The predicted octanol–water partition coefficient (Wildman–Crippen LogP) is 2.74. The summed E-state index contributed by atoms with van der Waals surface area (Å²) in [5, 5.41) is 0.288. The third-order valence-corrected chi connectivity index (χ3v) is 2.75. The highest BCUT2D eigenvalue weighted by molar-refractivity contribution is 6.20. The van der Waals surface area contributed by atoms with Crippen LogP contribution >= 0.6 is 11.6 Å². The average molecular weight is 190 g/mol. The first-order valence-electron chi connectivity index (χ1n) is 5.01. The molecule has 1 unspecified atom stereocenters. The Balaban J connectivity index is 2.11. The fourth-order valence-electron chi connectivity index (χ4n) is 2.14. The lowest BCUT2D eigenvalue weighted by Crippen LogP contribution is -2.29. The van der Waals surface area contributed by atoms with E-state index < -0.39 is 0 Å². The molecule has 0 aromatic heterocycles. The van der Waals surface area contributed by atoms with Gasteiger partial charge in [-0.05, 0) is 32.7 Å². The monoisotopic (exact) mass is 189 g/mol. The molecule has 0 spiro atoms. The SMILES string of the molecule is CC(Cl)CN(C)CC1CCCC1. The Kier molecular flexibility index (Phi) is 4.38. The van der Waals surface area contributed by atoms with E-state index >= 15 is 0 Å². The zero-order valence-electron chi connectivity index (χ0n) is 8.22. The summed E-state index contributed by atoms with van der Waals surface area (Å²) in [6, 6.07) is 0. The molecule has 0 radical (unpaired) electrons. The van der Waals surface area contributed by atoms with Crippen molar-refractivity contribution in [3.63, 3.8) is 0 Å². The number of alkyl halides is 1. The highest BCUT2D eigenvalue weighted by Crippen LogP contribution is 2.25. The Labute approximate surface area is 81.1 Å². The van der Waals surface area contributed by atoms with E-state index in [-0.39, 0.29) is 5.38 Å². The molecule has 1 rings (SSSR count). The van der Waals surface area contributed by atoms with Crippen molar-refractivity contribution in [3.05, 3.63) is 0 Å². The van der Waals surface area contributed by atoms with E-state index in [2.05, 4.69) is 18.9 Å². The van der Waals surface area contributed by atoms with Gasteiger partial charge in [0.25, 0.3) is 0 Å². The predicted molar refractivity (Wildman–Crippen MR) is 54.8 cm³/mol. The molecule has 1 nitrogen and oxygen atoms in total. The lowest BCUT2D eigenvalue weighted by Gasteiger charge is -2.21. The van der Waals surface area contributed by atoms with Gasteiger partial charge >= 0.3 is 0 Å². The van der Waals surface area contributed by atoms with Gasteiger partial charge in [0, 0.05) is 18.5 Å². The van der Waals surface area contributed by atoms with Crippen LogP contribution in [0.25, 0.3) is 0 Å². The first-order chi connectivity index (χ1) is 5.68. The van der Waals surface area contributed by atoms with Crippen LogP contribution in [0, 0.1) is 5.92 Å². The van der Waals surface area contributed by atoms with E-state index in [1.165, 1.54) is 32.2 Å². The third-order valence-electron chi connectivity index (χ3n) is 2.61. The molecule has 72 valence electrons. The number of hydrogen-bond donors (Lipinski definition) is 0. The van der Waals surface area contributed by atoms with E-state index in [0.29, 0.717) is 0 Å². The van der Waals surface area contributed by atoms with Gasteiger partial charge in [0.05, 0.1) is 0 Å². The Morgan fingerprint density at radius 1 is 1.42 bits per heavy atom. The highest BCUT2D eigenvalue weighted by atomic mass is 35.5. The number of hydrogen-bond acceptors (Lipinski definition) is 1. The van der Waals surface area contributed by atoms with Crippen molar-refractivity contribution in [2.24, 2.45) is 5.92 Å². The molecule has 0 heterocycles. The molecule has 1 fully saturated rings. The minimum Gasteiger partial charge on any atom is -0.305 e. The van der Waals surface area contributed by atoms with E-state index in [1.807, 2.05) is 0 Å². The number of rotatable bonds is 4. The van der Waals surface area contributed by atoms with Crippen molar-refractivity contribution in [2.75, 3.05) is 20.1 Å². The van der Waals surface area contributed by atoms with Crippen LogP contribution in [0.2, 0.25) is 0 Å². The lowest BCUT2D eigenvalue weighted by molar-refractivity contribution is 0.280. The van der Waals surface area contributed by atoms with Crippen molar-refractivity contribution >= 4 is 11.6 Å². The summed E-state index contributed by atoms with van der Waals surface area (Å²) in [5.74, 6) is 0.949. The summed E-state index contributed by atoms with van der Waals surface area (Å²) in [4.78, 5) is 2.37. The maximum Gasteiger partial charge on any atom is 0.0434 e. The fraction of sp³-hybridized carbons (Fsp3) is 1.00. The Bertz CT molecular complexity index is 119. The normalized spacial score (nSPS) is 22.0. The van der Waals surface area contributed by atoms with Crippen molar-refractivity contribution in [3.8, 4) is 0 Å². The maximum atomic E-state index is 5.92. The first-order valence-corrected chi connectivity index (χ1v) is 5.44. The molecule has 12 heavy (non-hydrogen) atoms. The number of nitrogens with zero attached hydrogens (tertiary/aromatic N) is 1. The summed E-state index contributed by atoms with van der Waals surface area (Å²) in [6.45, 7) is 4.34. The van der Waals surface area contributed by atoms with Crippen LogP contribution < -0.4 is 0 Å². The van der Waals surface area contributed by atoms with Gasteiger partial charge in [-0.25, -0.2) is 0 Å². The third kappa shape index (κ3) is 3.77. The molecule has 0 saturated heterocycles. The van der Waals surface area contributed by atoms with E-state index in [1.54, 1.807) is 0 Å². The van der Waals surface area contributed by atoms with Gasteiger partial charge in [-0.3, -0.25) is 0 Å². The van der Waals surface area contributed by atoms with Gasteiger partial charge in [-0.15, -0.1) is 11.6 Å². The van der Waals surface area contributed by atoms with Gasteiger partial charge in [0.1, 0.15) is 0 Å². The van der Waals surface area contributed by atoms with Crippen molar-refractivity contribution in [2.45, 2.75) is 38.0 Å². The van der Waals surface area contributed by atoms with Crippen LogP contribution in [0.4, 0.5) is 0 Å². The van der Waals surface area contributed by atoms with Gasteiger partial charge < -0.3 is 4.90 Å². The molecule has 1 atom stereocenters. The highest BCUT2D eigenvalue weighted by Gasteiger charge is 2.16. The van der Waals surface area contributed by atoms with Crippen LogP contribution in [-0.2, 0) is 0 Å². The largest absolute Gasteiger partial charge is 0.305 e. The molecule has 0 aromatic carbocycles. The molecule has 0 aliphatic heterocycles. The zero-order valence-corrected chi connectivity index (χ0v) is 8.98. The van der Waals surface area contributed by atoms with E-state index in [4.69, 9.17) is 11.6 Å². The van der Waals surface area contributed by atoms with Crippen LogP contribution in [0.1, 0.15) is 32.6 Å². The summed E-state index contributed by atoms with van der Waals surface area (Å²) in [7, 11) is 2.18. The molecule has 0 amide bonds. The number of halogens is 1. The molecule has 2 heteroatoms. The standard InChI is InChI=1S/C10H20ClN/c1-9(11)7-12(2)8-10-5-3-4-6-10/h9-10H,3-8H2,1-2H3. The van der Waals surface area contributed by atoms with Gasteiger partial charge in [0.15, 0.2) is 0 Å². The van der Waals surface area contributed by atoms with Crippen LogP contribution in [0.15, 0.2) is 0 Å². The minimum absolute atomic E-state index is 0.288. The summed E-state index contributed by atoms with van der Waals surface area (Å²) in [6.07, 6.45) is 5.74. The Morgan fingerprint density at radius 2 is 2.00 bits per heavy atom. The van der Waals surface area contributed by atoms with Gasteiger partial charge in [-0.1, -0.05) is 12.8 Å². The average Bonchev–Trinajstić information content (AvgIpc) is 2.37. The summed E-state index contributed by atoms with van der Waals surface area (Å²) < 4.78 is 0. The molecule has 0 N–H and O–H groups in total. The Hall–Kier alpha value is 0.250. The smallest absolute Gasteiger partial charge is 0.0434 e. The molecule has 0 aromatic rings. The molecule has 1 saturated carbocycles. The first kappa shape index (κ1) is 10.3. The molecule has 1 aliphatic carbocycles. The van der Waals surface area contributed by atoms with Gasteiger partial charge in [0.2, 0.25) is 0 Å². The van der Waals surface area contributed by atoms with E-state index in [9.17, 15) is 0 Å². The molecular weight excluding hydrogens is 170 g/mol. The zero-order chi connectivity index (χ0) is 8.97. The van der Waals surface area contributed by atoms with Crippen molar-refractivity contribution in [1.29, 1.82) is 0 Å². The second kappa shape index (κ2) is 5.08. The second-order valence-electron chi connectivity index (χ2n) is 4.15. The van der Waals surface area contributed by atoms with Gasteiger partial charge in [-0.2, -0.15) is 0 Å². The molecule has 0 bridgehead atoms. The summed E-state index contributed by atoms with van der Waals surface area (Å²) >= 11 is 5.92. The van der Waals surface area contributed by atoms with E-state index in [0.717, 1.165) is 12.5 Å². The molecule has 1 aliphatic rings.